The normalized spacial score (nSPS) is 10.8. The Morgan fingerprint density at radius 2 is 1.72 bits per heavy atom. The average molecular weight is 333 g/mol. The monoisotopic (exact) mass is 333 g/mol. The second-order valence-corrected chi connectivity index (χ2v) is 5.24. The highest BCUT2D eigenvalue weighted by molar-refractivity contribution is 6.05. The molecule has 0 atom stereocenters. The molecule has 0 spiro atoms. The van der Waals surface area contributed by atoms with Gasteiger partial charge in [-0.1, -0.05) is 42.5 Å². The van der Waals surface area contributed by atoms with Crippen LogP contribution in [-0.2, 0) is 4.79 Å². The number of hydroxylamine groups is 1. The van der Waals surface area contributed by atoms with Crippen molar-refractivity contribution in [1.29, 1.82) is 0 Å². The molecule has 0 aliphatic carbocycles. The first-order chi connectivity index (χ1) is 12.2. The minimum atomic E-state index is -0.655. The van der Waals surface area contributed by atoms with E-state index < -0.39 is 5.91 Å². The first kappa shape index (κ1) is 16.4. The fourth-order valence-electron chi connectivity index (χ4n) is 2.34. The molecule has 3 N–H and O–H groups in total. The molecule has 3 rings (SSSR count). The summed E-state index contributed by atoms with van der Waals surface area (Å²) in [5.41, 5.74) is 3.71. The average Bonchev–Trinajstić information content (AvgIpc) is 2.66. The van der Waals surface area contributed by atoms with Crippen LogP contribution in [0.25, 0.3) is 17.0 Å². The second-order valence-electron chi connectivity index (χ2n) is 5.24. The van der Waals surface area contributed by atoms with Crippen molar-refractivity contribution in [3.8, 4) is 0 Å². The van der Waals surface area contributed by atoms with E-state index in [0.717, 1.165) is 10.9 Å². The molecule has 0 aliphatic heterocycles. The molecule has 0 saturated carbocycles. The van der Waals surface area contributed by atoms with E-state index in [2.05, 4.69) is 10.3 Å². The summed E-state index contributed by atoms with van der Waals surface area (Å²) in [6.07, 6.45) is 2.66. The van der Waals surface area contributed by atoms with Crippen molar-refractivity contribution < 1.29 is 14.8 Å². The van der Waals surface area contributed by atoms with Crippen LogP contribution in [0.15, 0.2) is 66.7 Å². The van der Waals surface area contributed by atoms with Crippen LogP contribution in [0, 0.1) is 0 Å². The summed E-state index contributed by atoms with van der Waals surface area (Å²) in [4.78, 5) is 28.0. The van der Waals surface area contributed by atoms with Crippen molar-refractivity contribution in [2.75, 3.05) is 5.32 Å². The Kier molecular flexibility index (Phi) is 4.82. The van der Waals surface area contributed by atoms with Crippen LogP contribution in [0.3, 0.4) is 0 Å². The summed E-state index contributed by atoms with van der Waals surface area (Å²) in [6, 6.07) is 18.1. The molecule has 0 fully saturated rings. The summed E-state index contributed by atoms with van der Waals surface area (Å²) < 4.78 is 0. The van der Waals surface area contributed by atoms with Gasteiger partial charge in [0, 0.05) is 17.1 Å². The lowest BCUT2D eigenvalue weighted by Gasteiger charge is -2.08. The molecule has 0 saturated heterocycles. The number of benzene rings is 2. The molecule has 6 heteroatoms. The van der Waals surface area contributed by atoms with Crippen molar-refractivity contribution in [2.45, 2.75) is 0 Å². The van der Waals surface area contributed by atoms with Crippen LogP contribution in [-0.4, -0.2) is 22.0 Å². The number of rotatable bonds is 4. The lowest BCUT2D eigenvalue weighted by molar-refractivity contribution is -0.124. The number of nitrogens with one attached hydrogen (secondary N) is 2. The number of amides is 2. The van der Waals surface area contributed by atoms with E-state index in [0.29, 0.717) is 16.9 Å². The van der Waals surface area contributed by atoms with Gasteiger partial charge in [-0.15, -0.1) is 0 Å². The fraction of sp³-hybridized carbons (Fsp3) is 0. The molecule has 0 unspecified atom stereocenters. The molecule has 1 aromatic heterocycles. The molecule has 2 aromatic carbocycles. The molecule has 25 heavy (non-hydrogen) atoms. The molecule has 3 aromatic rings. The maximum atomic E-state index is 12.5. The minimum Gasteiger partial charge on any atom is -0.320 e. The summed E-state index contributed by atoms with van der Waals surface area (Å²) in [5, 5.41) is 12.3. The summed E-state index contributed by atoms with van der Waals surface area (Å²) >= 11 is 0. The van der Waals surface area contributed by atoms with Crippen molar-refractivity contribution in [1.82, 2.24) is 10.5 Å². The molecule has 0 aliphatic rings. The molecular formula is C19H15N3O3. The third-order valence-corrected chi connectivity index (χ3v) is 3.56. The van der Waals surface area contributed by atoms with Crippen LogP contribution >= 0.6 is 0 Å². The SMILES string of the molecule is O=C(/C=C/c1ccccc1NC(=O)c1ccc2ccccc2n1)NO. The number of hydrogen-bond donors (Lipinski definition) is 3. The van der Waals surface area contributed by atoms with Crippen LogP contribution in [0.4, 0.5) is 5.69 Å². The highest BCUT2D eigenvalue weighted by Gasteiger charge is 2.10. The Morgan fingerprint density at radius 1 is 0.960 bits per heavy atom. The van der Waals surface area contributed by atoms with Crippen molar-refractivity contribution in [3.05, 3.63) is 78.0 Å². The molecular weight excluding hydrogens is 318 g/mol. The molecule has 124 valence electrons. The Bertz CT molecular complexity index is 967. The zero-order valence-corrected chi connectivity index (χ0v) is 13.1. The third-order valence-electron chi connectivity index (χ3n) is 3.56. The first-order valence-corrected chi connectivity index (χ1v) is 7.56. The Hall–Kier alpha value is -3.51. The number of para-hydroxylation sites is 2. The number of carbonyl (C=O) groups is 2. The van der Waals surface area contributed by atoms with Gasteiger partial charge in [0.15, 0.2) is 0 Å². The van der Waals surface area contributed by atoms with E-state index >= 15 is 0 Å². The maximum absolute atomic E-state index is 12.5. The lowest BCUT2D eigenvalue weighted by atomic mass is 10.1. The molecule has 2 amide bonds. The topological polar surface area (TPSA) is 91.3 Å². The standard InChI is InChI=1S/C19H15N3O3/c23-18(22-25)12-10-14-6-2-4-8-16(14)21-19(24)17-11-9-13-5-1-3-7-15(13)20-17/h1-12,25H,(H,21,24)(H,22,23)/b12-10+. The predicted octanol–water partition coefficient (Wildman–Crippen LogP) is 3.01. The Labute approximate surface area is 143 Å². The molecule has 1 heterocycles. The maximum Gasteiger partial charge on any atom is 0.274 e. The largest absolute Gasteiger partial charge is 0.320 e. The summed E-state index contributed by atoms with van der Waals surface area (Å²) in [5.74, 6) is -1.00. The van der Waals surface area contributed by atoms with Crippen LogP contribution in [0.1, 0.15) is 16.1 Å². The summed E-state index contributed by atoms with van der Waals surface area (Å²) in [7, 11) is 0. The quantitative estimate of drug-likeness (QED) is 0.389. The van der Waals surface area contributed by atoms with E-state index in [-0.39, 0.29) is 5.91 Å². The summed E-state index contributed by atoms with van der Waals surface area (Å²) in [6.45, 7) is 0. The predicted molar refractivity (Wildman–Crippen MR) is 95.1 cm³/mol. The Balaban J connectivity index is 1.85. The molecule has 0 radical (unpaired) electrons. The van der Waals surface area contributed by atoms with Gasteiger partial charge in [0.25, 0.3) is 11.8 Å². The highest BCUT2D eigenvalue weighted by atomic mass is 16.5. The van der Waals surface area contributed by atoms with E-state index in [9.17, 15) is 9.59 Å². The number of pyridine rings is 1. The number of anilines is 1. The van der Waals surface area contributed by atoms with E-state index in [1.54, 1.807) is 30.3 Å². The van der Waals surface area contributed by atoms with Gasteiger partial charge in [-0.2, -0.15) is 0 Å². The van der Waals surface area contributed by atoms with Crippen molar-refractivity contribution in [2.24, 2.45) is 0 Å². The van der Waals surface area contributed by atoms with Crippen molar-refractivity contribution >= 4 is 34.5 Å². The van der Waals surface area contributed by atoms with Gasteiger partial charge in [-0.25, -0.2) is 10.5 Å². The lowest BCUT2D eigenvalue weighted by Crippen LogP contribution is -2.15. The van der Waals surface area contributed by atoms with Gasteiger partial charge in [0.1, 0.15) is 5.69 Å². The molecule has 0 bridgehead atoms. The third kappa shape index (κ3) is 3.88. The van der Waals surface area contributed by atoms with Gasteiger partial charge >= 0.3 is 0 Å². The Morgan fingerprint density at radius 3 is 2.56 bits per heavy atom. The smallest absolute Gasteiger partial charge is 0.274 e. The number of hydrogen-bond acceptors (Lipinski definition) is 4. The zero-order chi connectivity index (χ0) is 17.6. The highest BCUT2D eigenvalue weighted by Crippen LogP contribution is 2.18. The van der Waals surface area contributed by atoms with Gasteiger partial charge in [-0.05, 0) is 29.8 Å². The van der Waals surface area contributed by atoms with E-state index in [4.69, 9.17) is 5.21 Å². The van der Waals surface area contributed by atoms with Gasteiger partial charge in [-0.3, -0.25) is 14.8 Å². The number of nitrogens with zero attached hydrogens (tertiary/aromatic N) is 1. The van der Waals surface area contributed by atoms with Crippen molar-refractivity contribution in [3.63, 3.8) is 0 Å². The fourth-order valence-corrected chi connectivity index (χ4v) is 2.34. The van der Waals surface area contributed by atoms with Gasteiger partial charge < -0.3 is 5.32 Å². The van der Waals surface area contributed by atoms with E-state index in [1.165, 1.54) is 17.6 Å². The second kappa shape index (κ2) is 7.37. The van der Waals surface area contributed by atoms with E-state index in [1.807, 2.05) is 30.3 Å². The first-order valence-electron chi connectivity index (χ1n) is 7.56. The van der Waals surface area contributed by atoms with Crippen LogP contribution in [0.2, 0.25) is 0 Å². The van der Waals surface area contributed by atoms with Gasteiger partial charge in [0.05, 0.1) is 5.52 Å². The molecule has 6 nitrogen and oxygen atoms in total. The minimum absolute atomic E-state index is 0.297. The zero-order valence-electron chi connectivity index (χ0n) is 13.1. The van der Waals surface area contributed by atoms with Crippen LogP contribution in [0.5, 0.6) is 0 Å². The van der Waals surface area contributed by atoms with Crippen LogP contribution < -0.4 is 10.8 Å². The number of aromatic nitrogens is 1. The number of carbonyl (C=O) groups excluding carboxylic acids is 2. The number of fused-ring (bicyclic) bond motifs is 1. The van der Waals surface area contributed by atoms with Gasteiger partial charge in [0.2, 0.25) is 0 Å².